The Labute approximate surface area is 150 Å². The van der Waals surface area contributed by atoms with E-state index in [0.29, 0.717) is 0 Å². The summed E-state index contributed by atoms with van der Waals surface area (Å²) >= 11 is 4.47. The normalized spacial score (nSPS) is 10.6. The van der Waals surface area contributed by atoms with Gasteiger partial charge in [0.15, 0.2) is 0 Å². The average Bonchev–Trinajstić information content (AvgIpc) is 2.49. The lowest BCUT2D eigenvalue weighted by Gasteiger charge is -2.05. The lowest BCUT2D eigenvalue weighted by molar-refractivity contribution is -0.119. The molecule has 0 radical (unpaired) electrons. The van der Waals surface area contributed by atoms with Gasteiger partial charge in [-0.05, 0) is 75.5 Å². The van der Waals surface area contributed by atoms with Gasteiger partial charge in [-0.2, -0.15) is 5.10 Å². The van der Waals surface area contributed by atoms with E-state index in [-0.39, 0.29) is 12.5 Å². The number of amides is 1. The molecule has 0 unspecified atom stereocenters. The number of nitrogens with one attached hydrogen (secondary N) is 2. The molecule has 2 aromatic carbocycles. The van der Waals surface area contributed by atoms with Crippen LogP contribution in [0.5, 0.6) is 0 Å². The second-order valence-electron chi connectivity index (χ2n) is 4.18. The molecule has 0 bridgehead atoms. The number of hydrogen-bond acceptors (Lipinski definition) is 3. The van der Waals surface area contributed by atoms with Crippen LogP contribution in [0.25, 0.3) is 0 Å². The highest BCUT2D eigenvalue weighted by Crippen LogP contribution is 2.10. The Kier molecular flexibility index (Phi) is 6.43. The van der Waals surface area contributed by atoms with E-state index in [4.69, 9.17) is 0 Å². The molecule has 1 amide bonds. The summed E-state index contributed by atoms with van der Waals surface area (Å²) in [4.78, 5) is 11.7. The maximum absolute atomic E-state index is 11.7. The minimum absolute atomic E-state index is 0.184. The molecular weight excluding hydrogens is 492 g/mol. The van der Waals surface area contributed by atoms with E-state index in [9.17, 15) is 4.79 Å². The SMILES string of the molecule is O=C(CNc1ccc(I)cc1)N/N=C\c1ccccc1I. The highest BCUT2D eigenvalue weighted by molar-refractivity contribution is 14.1. The molecule has 2 rings (SSSR count). The monoisotopic (exact) mass is 505 g/mol. The van der Waals surface area contributed by atoms with Gasteiger partial charge in [0.1, 0.15) is 0 Å². The van der Waals surface area contributed by atoms with E-state index in [1.165, 1.54) is 0 Å². The minimum Gasteiger partial charge on any atom is -0.376 e. The molecule has 2 aromatic rings. The Morgan fingerprint density at radius 1 is 1.10 bits per heavy atom. The van der Waals surface area contributed by atoms with Crippen molar-refractivity contribution >= 4 is 63.0 Å². The molecule has 0 saturated heterocycles. The zero-order valence-corrected chi connectivity index (χ0v) is 15.3. The summed E-state index contributed by atoms with van der Waals surface area (Å²) in [6, 6.07) is 15.7. The molecule has 0 saturated carbocycles. The van der Waals surface area contributed by atoms with E-state index in [2.05, 4.69) is 61.0 Å². The third kappa shape index (κ3) is 5.62. The number of rotatable bonds is 5. The lowest BCUT2D eigenvalue weighted by Crippen LogP contribution is -2.25. The Bertz CT molecular complexity index is 642. The lowest BCUT2D eigenvalue weighted by atomic mass is 10.2. The van der Waals surface area contributed by atoms with Crippen molar-refractivity contribution in [2.75, 3.05) is 11.9 Å². The second-order valence-corrected chi connectivity index (χ2v) is 6.58. The van der Waals surface area contributed by atoms with Gasteiger partial charge in [-0.15, -0.1) is 0 Å². The maximum atomic E-state index is 11.7. The van der Waals surface area contributed by atoms with E-state index in [1.54, 1.807) is 6.21 Å². The van der Waals surface area contributed by atoms with Crippen LogP contribution in [0.15, 0.2) is 53.6 Å². The van der Waals surface area contributed by atoms with E-state index < -0.39 is 0 Å². The number of hydrazone groups is 1. The van der Waals surface area contributed by atoms with Gasteiger partial charge in [-0.1, -0.05) is 18.2 Å². The molecule has 2 N–H and O–H groups in total. The van der Waals surface area contributed by atoms with Gasteiger partial charge >= 0.3 is 0 Å². The highest BCUT2D eigenvalue weighted by atomic mass is 127. The Balaban J connectivity index is 1.80. The summed E-state index contributed by atoms with van der Waals surface area (Å²) < 4.78 is 2.25. The Hall–Kier alpha value is -1.16. The van der Waals surface area contributed by atoms with E-state index in [1.807, 2.05) is 48.5 Å². The number of nitrogens with zero attached hydrogens (tertiary/aromatic N) is 1. The van der Waals surface area contributed by atoms with Crippen molar-refractivity contribution in [2.45, 2.75) is 0 Å². The zero-order chi connectivity index (χ0) is 15.1. The van der Waals surface area contributed by atoms with Gasteiger partial charge in [-0.3, -0.25) is 4.79 Å². The molecule has 0 atom stereocenters. The van der Waals surface area contributed by atoms with Crippen molar-refractivity contribution < 1.29 is 4.79 Å². The molecule has 4 nitrogen and oxygen atoms in total. The number of carbonyl (C=O) groups is 1. The summed E-state index contributed by atoms with van der Waals surface area (Å²) in [6.45, 7) is 0.184. The Morgan fingerprint density at radius 2 is 1.81 bits per heavy atom. The van der Waals surface area contributed by atoms with Gasteiger partial charge in [0, 0.05) is 18.4 Å². The number of carbonyl (C=O) groups excluding carboxylic acids is 1. The van der Waals surface area contributed by atoms with Crippen molar-refractivity contribution in [3.63, 3.8) is 0 Å². The van der Waals surface area contributed by atoms with Crippen LogP contribution in [0.2, 0.25) is 0 Å². The number of hydrogen-bond donors (Lipinski definition) is 2. The highest BCUT2D eigenvalue weighted by Gasteiger charge is 1.99. The van der Waals surface area contributed by atoms with Gasteiger partial charge in [0.2, 0.25) is 0 Å². The van der Waals surface area contributed by atoms with Crippen molar-refractivity contribution in [3.05, 3.63) is 61.2 Å². The molecule has 0 heterocycles. The first kappa shape index (κ1) is 16.2. The quantitative estimate of drug-likeness (QED) is 0.372. The summed E-state index contributed by atoms with van der Waals surface area (Å²) in [5.74, 6) is -0.185. The molecule has 6 heteroatoms. The predicted octanol–water partition coefficient (Wildman–Crippen LogP) is 3.46. The van der Waals surface area contributed by atoms with Crippen LogP contribution in [-0.2, 0) is 4.79 Å². The van der Waals surface area contributed by atoms with Gasteiger partial charge in [-0.25, -0.2) is 5.43 Å². The number of benzene rings is 2. The number of anilines is 1. The first-order valence-electron chi connectivity index (χ1n) is 6.21. The first-order valence-corrected chi connectivity index (χ1v) is 8.37. The summed E-state index contributed by atoms with van der Waals surface area (Å²) in [6.07, 6.45) is 1.64. The number of halogens is 2. The summed E-state index contributed by atoms with van der Waals surface area (Å²) in [5.41, 5.74) is 4.39. The van der Waals surface area contributed by atoms with Crippen molar-refractivity contribution in [3.8, 4) is 0 Å². The molecule has 108 valence electrons. The van der Waals surface area contributed by atoms with Crippen LogP contribution < -0.4 is 10.7 Å². The van der Waals surface area contributed by atoms with Gasteiger partial charge in [0.05, 0.1) is 12.8 Å². The van der Waals surface area contributed by atoms with Gasteiger partial charge in [0.25, 0.3) is 5.91 Å². The summed E-state index contributed by atoms with van der Waals surface area (Å²) in [5, 5.41) is 7.00. The van der Waals surface area contributed by atoms with Crippen molar-refractivity contribution in [1.82, 2.24) is 5.43 Å². The fourth-order valence-electron chi connectivity index (χ4n) is 1.54. The van der Waals surface area contributed by atoms with E-state index in [0.717, 1.165) is 18.4 Å². The fraction of sp³-hybridized carbons (Fsp3) is 0.0667. The first-order chi connectivity index (χ1) is 10.1. The van der Waals surface area contributed by atoms with Crippen LogP contribution in [0, 0.1) is 7.14 Å². The van der Waals surface area contributed by atoms with Gasteiger partial charge < -0.3 is 5.32 Å². The molecule has 0 fully saturated rings. The van der Waals surface area contributed by atoms with Crippen LogP contribution in [0.3, 0.4) is 0 Å². The molecule has 0 aliphatic heterocycles. The van der Waals surface area contributed by atoms with Crippen LogP contribution in [0.1, 0.15) is 5.56 Å². The van der Waals surface area contributed by atoms with Crippen molar-refractivity contribution in [2.24, 2.45) is 5.10 Å². The molecule has 0 spiro atoms. The van der Waals surface area contributed by atoms with Crippen LogP contribution >= 0.6 is 45.2 Å². The zero-order valence-electron chi connectivity index (χ0n) is 11.0. The maximum Gasteiger partial charge on any atom is 0.259 e. The van der Waals surface area contributed by atoms with Crippen molar-refractivity contribution in [1.29, 1.82) is 0 Å². The fourth-order valence-corrected chi connectivity index (χ4v) is 2.43. The molecule has 0 aliphatic rings. The smallest absolute Gasteiger partial charge is 0.259 e. The van der Waals surface area contributed by atoms with Crippen LogP contribution in [0.4, 0.5) is 5.69 Å². The third-order valence-electron chi connectivity index (χ3n) is 2.60. The van der Waals surface area contributed by atoms with E-state index >= 15 is 0 Å². The minimum atomic E-state index is -0.185. The largest absolute Gasteiger partial charge is 0.376 e. The van der Waals surface area contributed by atoms with Crippen LogP contribution in [-0.4, -0.2) is 18.7 Å². The second kappa shape index (κ2) is 8.32. The molecule has 21 heavy (non-hydrogen) atoms. The average molecular weight is 505 g/mol. The Morgan fingerprint density at radius 3 is 2.52 bits per heavy atom. The third-order valence-corrected chi connectivity index (χ3v) is 4.30. The molecule has 0 aromatic heterocycles. The topological polar surface area (TPSA) is 53.5 Å². The predicted molar refractivity (Wildman–Crippen MR) is 103 cm³/mol. The molecular formula is C15H13I2N3O. The summed E-state index contributed by atoms with van der Waals surface area (Å²) in [7, 11) is 0. The molecule has 0 aliphatic carbocycles. The standard InChI is InChI=1S/C15H13I2N3O/c16-12-5-7-13(8-6-12)18-10-15(21)20-19-9-11-3-1-2-4-14(11)17/h1-9,18H,10H2,(H,20,21)/b19-9-.